The fourth-order valence-corrected chi connectivity index (χ4v) is 1.86. The van der Waals surface area contributed by atoms with Gasteiger partial charge in [0.1, 0.15) is 11.6 Å². The topological polar surface area (TPSA) is 34.1 Å². The lowest BCUT2D eigenvalue weighted by Crippen LogP contribution is -2.19. The van der Waals surface area contributed by atoms with Gasteiger partial charge < -0.3 is 10.1 Å². The Balaban J connectivity index is 2.00. The van der Waals surface area contributed by atoms with Crippen molar-refractivity contribution in [1.29, 1.82) is 0 Å². The van der Waals surface area contributed by atoms with E-state index < -0.39 is 0 Å². The molecule has 0 saturated carbocycles. The first-order chi connectivity index (χ1) is 9.20. The number of benzene rings is 1. The van der Waals surface area contributed by atoms with Crippen LogP contribution in [0.2, 0.25) is 0 Å². The lowest BCUT2D eigenvalue weighted by molar-refractivity contribution is 0.406. The van der Waals surface area contributed by atoms with Gasteiger partial charge in [0.15, 0.2) is 0 Å². The maximum absolute atomic E-state index is 12.8. The molecule has 1 unspecified atom stereocenters. The molecular weight excluding hydrogens is 243 g/mol. The molecular formula is C15H17FN2O. The van der Waals surface area contributed by atoms with Crippen LogP contribution >= 0.6 is 0 Å². The molecule has 2 rings (SSSR count). The summed E-state index contributed by atoms with van der Waals surface area (Å²) < 4.78 is 18.1. The lowest BCUT2D eigenvalue weighted by Gasteiger charge is -2.15. The molecule has 0 radical (unpaired) electrons. The summed E-state index contributed by atoms with van der Waals surface area (Å²) in [6.45, 7) is 2.67. The van der Waals surface area contributed by atoms with Gasteiger partial charge in [0, 0.05) is 18.2 Å². The number of nitrogens with zero attached hydrogens (tertiary/aromatic N) is 1. The Kier molecular flexibility index (Phi) is 4.47. The van der Waals surface area contributed by atoms with Crippen LogP contribution in [0.1, 0.15) is 24.2 Å². The van der Waals surface area contributed by atoms with E-state index in [0.29, 0.717) is 6.54 Å². The number of nitrogens with one attached hydrogen (secondary N) is 1. The van der Waals surface area contributed by atoms with Gasteiger partial charge in [0.05, 0.1) is 19.0 Å². The number of para-hydroxylation sites is 1. The normalized spacial score (nSPS) is 12.2. The standard InChI is InChI=1S/C15H17FN2O/c1-11(14-8-7-13(16)10-18-14)17-9-12-5-3-4-6-15(12)19-2/h3-8,10-11,17H,9H2,1-2H3. The second-order valence-corrected chi connectivity index (χ2v) is 4.32. The average Bonchev–Trinajstić information content (AvgIpc) is 2.45. The van der Waals surface area contributed by atoms with Crippen LogP contribution in [0.15, 0.2) is 42.6 Å². The number of hydrogen-bond donors (Lipinski definition) is 1. The second kappa shape index (κ2) is 6.29. The minimum absolute atomic E-state index is 0.0468. The largest absolute Gasteiger partial charge is 0.496 e. The highest BCUT2D eigenvalue weighted by Gasteiger charge is 2.08. The van der Waals surface area contributed by atoms with Crippen molar-refractivity contribution in [3.63, 3.8) is 0 Å². The molecule has 0 aliphatic carbocycles. The highest BCUT2D eigenvalue weighted by molar-refractivity contribution is 5.33. The van der Waals surface area contributed by atoms with Crippen LogP contribution in [-0.4, -0.2) is 12.1 Å². The minimum Gasteiger partial charge on any atom is -0.496 e. The molecule has 3 nitrogen and oxygen atoms in total. The van der Waals surface area contributed by atoms with Crippen LogP contribution in [0.5, 0.6) is 5.75 Å². The van der Waals surface area contributed by atoms with Crippen molar-refractivity contribution in [3.05, 3.63) is 59.7 Å². The van der Waals surface area contributed by atoms with E-state index in [4.69, 9.17) is 4.74 Å². The molecule has 100 valence electrons. The first-order valence-electron chi connectivity index (χ1n) is 6.17. The second-order valence-electron chi connectivity index (χ2n) is 4.32. The summed E-state index contributed by atoms with van der Waals surface area (Å²) in [6.07, 6.45) is 1.23. The Hall–Kier alpha value is -1.94. The number of hydrogen-bond acceptors (Lipinski definition) is 3. The predicted molar refractivity (Wildman–Crippen MR) is 72.4 cm³/mol. The Morgan fingerprint density at radius 3 is 2.74 bits per heavy atom. The molecule has 2 aromatic rings. The van der Waals surface area contributed by atoms with Crippen LogP contribution < -0.4 is 10.1 Å². The minimum atomic E-state index is -0.319. The van der Waals surface area contributed by atoms with E-state index >= 15 is 0 Å². The quantitative estimate of drug-likeness (QED) is 0.897. The van der Waals surface area contributed by atoms with Gasteiger partial charge in [0.2, 0.25) is 0 Å². The van der Waals surface area contributed by atoms with Gasteiger partial charge in [-0.2, -0.15) is 0 Å². The molecule has 1 N–H and O–H groups in total. The third-order valence-electron chi connectivity index (χ3n) is 2.99. The summed E-state index contributed by atoms with van der Waals surface area (Å²) >= 11 is 0. The van der Waals surface area contributed by atoms with E-state index in [1.807, 2.05) is 31.2 Å². The maximum Gasteiger partial charge on any atom is 0.141 e. The van der Waals surface area contributed by atoms with Gasteiger partial charge in [-0.25, -0.2) is 4.39 Å². The Morgan fingerprint density at radius 2 is 2.05 bits per heavy atom. The molecule has 1 atom stereocenters. The van der Waals surface area contributed by atoms with E-state index in [2.05, 4.69) is 10.3 Å². The smallest absolute Gasteiger partial charge is 0.141 e. The third-order valence-corrected chi connectivity index (χ3v) is 2.99. The van der Waals surface area contributed by atoms with Crippen molar-refractivity contribution in [2.24, 2.45) is 0 Å². The van der Waals surface area contributed by atoms with Crippen LogP contribution in [0, 0.1) is 5.82 Å². The average molecular weight is 260 g/mol. The van der Waals surface area contributed by atoms with Crippen molar-refractivity contribution in [2.45, 2.75) is 19.5 Å². The van der Waals surface area contributed by atoms with E-state index in [1.165, 1.54) is 12.3 Å². The fraction of sp³-hybridized carbons (Fsp3) is 0.267. The summed E-state index contributed by atoms with van der Waals surface area (Å²) in [5, 5.41) is 3.34. The van der Waals surface area contributed by atoms with Gasteiger partial charge in [-0.05, 0) is 25.1 Å². The molecule has 0 aliphatic rings. The number of methoxy groups -OCH3 is 1. The van der Waals surface area contributed by atoms with E-state index in [9.17, 15) is 4.39 Å². The van der Waals surface area contributed by atoms with E-state index in [1.54, 1.807) is 13.2 Å². The zero-order valence-electron chi connectivity index (χ0n) is 11.1. The Labute approximate surface area is 112 Å². The van der Waals surface area contributed by atoms with Crippen molar-refractivity contribution < 1.29 is 9.13 Å². The van der Waals surface area contributed by atoms with Crippen LogP contribution in [0.25, 0.3) is 0 Å². The first kappa shape index (κ1) is 13.5. The number of pyridine rings is 1. The highest BCUT2D eigenvalue weighted by Crippen LogP contribution is 2.18. The van der Waals surface area contributed by atoms with Crippen LogP contribution in [0.3, 0.4) is 0 Å². The Morgan fingerprint density at radius 1 is 1.26 bits per heavy atom. The molecule has 0 aliphatic heterocycles. The zero-order valence-corrected chi connectivity index (χ0v) is 11.1. The molecule has 0 fully saturated rings. The summed E-state index contributed by atoms with van der Waals surface area (Å²) in [6, 6.07) is 11.0. The third kappa shape index (κ3) is 3.51. The van der Waals surface area contributed by atoms with E-state index in [0.717, 1.165) is 17.0 Å². The molecule has 1 heterocycles. The molecule has 4 heteroatoms. The van der Waals surface area contributed by atoms with Crippen LogP contribution in [0.4, 0.5) is 4.39 Å². The summed E-state index contributed by atoms with van der Waals surface area (Å²) in [7, 11) is 1.66. The summed E-state index contributed by atoms with van der Waals surface area (Å²) in [5.41, 5.74) is 1.90. The predicted octanol–water partition coefficient (Wildman–Crippen LogP) is 3.08. The maximum atomic E-state index is 12.8. The van der Waals surface area contributed by atoms with Gasteiger partial charge >= 0.3 is 0 Å². The Bertz CT molecular complexity index is 528. The molecule has 0 spiro atoms. The van der Waals surface area contributed by atoms with E-state index in [-0.39, 0.29) is 11.9 Å². The molecule has 1 aromatic heterocycles. The lowest BCUT2D eigenvalue weighted by atomic mass is 10.1. The van der Waals surface area contributed by atoms with Gasteiger partial charge in [-0.3, -0.25) is 4.98 Å². The monoisotopic (exact) mass is 260 g/mol. The zero-order chi connectivity index (χ0) is 13.7. The first-order valence-corrected chi connectivity index (χ1v) is 6.17. The van der Waals surface area contributed by atoms with Crippen molar-refractivity contribution in [2.75, 3.05) is 7.11 Å². The highest BCUT2D eigenvalue weighted by atomic mass is 19.1. The number of ether oxygens (including phenoxy) is 1. The number of aromatic nitrogens is 1. The summed E-state index contributed by atoms with van der Waals surface area (Å²) in [4.78, 5) is 4.06. The fourth-order valence-electron chi connectivity index (χ4n) is 1.86. The summed E-state index contributed by atoms with van der Waals surface area (Å²) in [5.74, 6) is 0.537. The molecule has 0 saturated heterocycles. The van der Waals surface area contributed by atoms with Gasteiger partial charge in [0.25, 0.3) is 0 Å². The van der Waals surface area contributed by atoms with Gasteiger partial charge in [-0.1, -0.05) is 18.2 Å². The molecule has 0 amide bonds. The SMILES string of the molecule is COc1ccccc1CNC(C)c1ccc(F)cn1. The molecule has 0 bridgehead atoms. The van der Waals surface area contributed by atoms with Crippen molar-refractivity contribution in [3.8, 4) is 5.75 Å². The number of rotatable bonds is 5. The molecule has 19 heavy (non-hydrogen) atoms. The van der Waals surface area contributed by atoms with Crippen molar-refractivity contribution >= 4 is 0 Å². The van der Waals surface area contributed by atoms with Crippen molar-refractivity contribution in [1.82, 2.24) is 10.3 Å². The van der Waals surface area contributed by atoms with Crippen LogP contribution in [-0.2, 0) is 6.54 Å². The number of halogens is 1. The molecule has 1 aromatic carbocycles. The van der Waals surface area contributed by atoms with Gasteiger partial charge in [-0.15, -0.1) is 0 Å².